The number of aliphatic carboxylic acids is 1. The molecular formula is C33H31F6N3O4S2. The number of aromatic nitrogens is 1. The molecule has 48 heavy (non-hydrogen) atoms. The molecule has 2 heterocycles. The Morgan fingerprint density at radius 3 is 2.23 bits per heavy atom. The van der Waals surface area contributed by atoms with Crippen molar-refractivity contribution in [2.24, 2.45) is 0 Å². The van der Waals surface area contributed by atoms with Crippen LogP contribution in [0, 0.1) is 6.92 Å². The third-order valence-electron chi connectivity index (χ3n) is 7.59. The fourth-order valence-electron chi connectivity index (χ4n) is 5.01. The number of carboxylic acid groups (broad SMARTS) is 1. The van der Waals surface area contributed by atoms with Crippen molar-refractivity contribution in [3.63, 3.8) is 0 Å². The van der Waals surface area contributed by atoms with Gasteiger partial charge in [-0.15, -0.1) is 36.3 Å². The summed E-state index contributed by atoms with van der Waals surface area (Å²) < 4.78 is 86.6. The van der Waals surface area contributed by atoms with Crippen molar-refractivity contribution in [3.05, 3.63) is 88.4 Å². The lowest BCUT2D eigenvalue weighted by atomic mass is 10.1. The molecule has 1 atom stereocenters. The number of anilines is 1. The average Bonchev–Trinajstić information content (AvgIpc) is 3.43. The smallest absolute Gasteiger partial charge is 0.479 e. The minimum Gasteiger partial charge on any atom is -0.479 e. The Morgan fingerprint density at radius 2 is 1.65 bits per heavy atom. The van der Waals surface area contributed by atoms with E-state index in [2.05, 4.69) is 14.5 Å². The molecule has 1 aromatic heterocycles. The van der Waals surface area contributed by atoms with E-state index < -0.39 is 30.2 Å². The molecule has 0 bridgehead atoms. The highest BCUT2D eigenvalue weighted by Gasteiger charge is 2.32. The predicted molar refractivity (Wildman–Crippen MR) is 172 cm³/mol. The normalized spacial score (nSPS) is 15.0. The zero-order chi connectivity index (χ0) is 34.6. The molecule has 1 N–H and O–H groups in total. The fraction of sp³-hybridized carbons (Fsp3) is 0.333. The summed E-state index contributed by atoms with van der Waals surface area (Å²) in [4.78, 5) is 22.2. The Kier molecular flexibility index (Phi) is 10.8. The molecule has 1 fully saturated rings. The van der Waals surface area contributed by atoms with Gasteiger partial charge in [-0.1, -0.05) is 12.1 Å². The Labute approximate surface area is 281 Å². The number of thiazole rings is 1. The summed E-state index contributed by atoms with van der Waals surface area (Å²) in [7, 11) is 0. The molecule has 1 unspecified atom stereocenters. The maximum absolute atomic E-state index is 13.2. The number of halogens is 6. The molecule has 15 heteroatoms. The lowest BCUT2D eigenvalue weighted by molar-refractivity contribution is -0.274. The van der Waals surface area contributed by atoms with Crippen molar-refractivity contribution in [2.75, 3.05) is 31.1 Å². The Morgan fingerprint density at radius 1 is 0.979 bits per heavy atom. The number of hydrogen-bond acceptors (Lipinski definition) is 8. The van der Waals surface area contributed by atoms with Gasteiger partial charge in [-0.05, 0) is 74.0 Å². The summed E-state index contributed by atoms with van der Waals surface area (Å²) in [5.41, 5.74) is 2.22. The molecule has 0 radical (unpaired) electrons. The van der Waals surface area contributed by atoms with Crippen LogP contribution in [0.15, 0.2) is 71.6 Å². The Bertz CT molecular complexity index is 1700. The first-order valence-corrected chi connectivity index (χ1v) is 16.6. The van der Waals surface area contributed by atoms with Gasteiger partial charge < -0.3 is 19.5 Å². The number of rotatable bonds is 11. The van der Waals surface area contributed by atoms with Crippen molar-refractivity contribution in [3.8, 4) is 22.1 Å². The van der Waals surface area contributed by atoms with Gasteiger partial charge in [-0.25, -0.2) is 9.78 Å². The van der Waals surface area contributed by atoms with E-state index in [4.69, 9.17) is 14.8 Å². The van der Waals surface area contributed by atoms with Gasteiger partial charge in [0.25, 0.3) is 0 Å². The standard InChI is InChI=1S/C33H31F6N3O4S2/c1-20-17-26(11-12-28(20)45-21(2)31(43)44)47-19-29-27(40-30(48-29)22-3-5-23(6-4-22)32(34,35)36)18-41-13-15-42(16-14-41)24-7-9-25(10-8-24)46-33(37,38)39/h3-12,17,21H,13-16,18-19H2,1-2H3,(H,43,44). The number of hydrogen-bond donors (Lipinski definition) is 1. The van der Waals surface area contributed by atoms with Crippen molar-refractivity contribution >= 4 is 34.8 Å². The minimum absolute atomic E-state index is 0.283. The van der Waals surface area contributed by atoms with E-state index in [0.29, 0.717) is 54.8 Å². The van der Waals surface area contributed by atoms with E-state index >= 15 is 0 Å². The highest BCUT2D eigenvalue weighted by atomic mass is 32.2. The van der Waals surface area contributed by atoms with Crippen LogP contribution in [0.4, 0.5) is 32.0 Å². The Balaban J connectivity index is 1.29. The van der Waals surface area contributed by atoms with Gasteiger partial charge in [-0.3, -0.25) is 4.90 Å². The third-order valence-corrected chi connectivity index (χ3v) is 9.94. The molecule has 0 saturated carbocycles. The van der Waals surface area contributed by atoms with Crippen molar-refractivity contribution in [2.45, 2.75) is 49.7 Å². The van der Waals surface area contributed by atoms with Crippen molar-refractivity contribution < 1.29 is 45.7 Å². The summed E-state index contributed by atoms with van der Waals surface area (Å²) in [6.45, 7) is 6.39. The number of ether oxygens (including phenoxy) is 2. The molecule has 7 nitrogen and oxygen atoms in total. The monoisotopic (exact) mass is 711 g/mol. The average molecular weight is 712 g/mol. The van der Waals surface area contributed by atoms with E-state index in [1.54, 1.807) is 30.0 Å². The molecule has 0 amide bonds. The molecule has 256 valence electrons. The van der Waals surface area contributed by atoms with E-state index in [1.165, 1.54) is 42.5 Å². The molecule has 1 aliphatic rings. The second-order valence-electron chi connectivity index (χ2n) is 11.1. The molecule has 1 aliphatic heterocycles. The number of alkyl halides is 6. The molecule has 4 aromatic rings. The molecule has 0 aliphatic carbocycles. The summed E-state index contributed by atoms with van der Waals surface area (Å²) in [6.07, 6.45) is -10.2. The number of nitrogens with zero attached hydrogens (tertiary/aromatic N) is 3. The van der Waals surface area contributed by atoms with E-state index in [1.807, 2.05) is 19.1 Å². The van der Waals surface area contributed by atoms with Gasteiger partial charge in [0.05, 0.1) is 11.3 Å². The number of piperazine rings is 1. The molecule has 3 aromatic carbocycles. The maximum Gasteiger partial charge on any atom is 0.573 e. The topological polar surface area (TPSA) is 75.1 Å². The van der Waals surface area contributed by atoms with Gasteiger partial charge in [0.2, 0.25) is 0 Å². The summed E-state index contributed by atoms with van der Waals surface area (Å²) in [5, 5.41) is 9.76. The molecule has 0 spiro atoms. The largest absolute Gasteiger partial charge is 0.573 e. The second-order valence-corrected chi connectivity index (χ2v) is 13.2. The van der Waals surface area contributed by atoms with Crippen LogP contribution < -0.4 is 14.4 Å². The first kappa shape index (κ1) is 35.4. The van der Waals surface area contributed by atoms with Crippen LogP contribution in [0.5, 0.6) is 11.5 Å². The van der Waals surface area contributed by atoms with E-state index in [-0.39, 0.29) is 5.75 Å². The number of carbonyl (C=O) groups is 1. The first-order valence-electron chi connectivity index (χ1n) is 14.8. The number of thioether (sulfide) groups is 1. The van der Waals surface area contributed by atoms with Gasteiger partial charge >= 0.3 is 18.5 Å². The zero-order valence-electron chi connectivity index (χ0n) is 25.8. The van der Waals surface area contributed by atoms with Crippen molar-refractivity contribution in [1.82, 2.24) is 9.88 Å². The first-order chi connectivity index (χ1) is 22.6. The SMILES string of the molecule is Cc1cc(SCc2sc(-c3ccc(C(F)(F)F)cc3)nc2CN2CCN(c3ccc(OC(F)(F)F)cc3)CC2)ccc1OC(C)C(=O)O. The molecule has 1 saturated heterocycles. The van der Waals surface area contributed by atoms with Crippen LogP contribution >= 0.6 is 23.1 Å². The van der Waals surface area contributed by atoms with Crippen molar-refractivity contribution in [1.29, 1.82) is 0 Å². The molecular weight excluding hydrogens is 681 g/mol. The highest BCUT2D eigenvalue weighted by molar-refractivity contribution is 7.98. The fourth-order valence-corrected chi connectivity index (χ4v) is 7.19. The summed E-state index contributed by atoms with van der Waals surface area (Å²) >= 11 is 2.98. The third kappa shape index (κ3) is 9.35. The van der Waals surface area contributed by atoms with Crippen LogP contribution in [0.2, 0.25) is 0 Å². The maximum atomic E-state index is 13.2. The lowest BCUT2D eigenvalue weighted by Crippen LogP contribution is -2.46. The number of benzene rings is 3. The van der Waals surface area contributed by atoms with Gasteiger partial charge in [0.15, 0.2) is 6.10 Å². The van der Waals surface area contributed by atoms with Crippen LogP contribution in [-0.4, -0.2) is 59.6 Å². The van der Waals surface area contributed by atoms with Crippen LogP contribution in [-0.2, 0) is 23.3 Å². The quantitative estimate of drug-likeness (QED) is 0.123. The van der Waals surface area contributed by atoms with E-state index in [0.717, 1.165) is 38.9 Å². The van der Waals surface area contributed by atoms with Crippen LogP contribution in [0.1, 0.15) is 28.6 Å². The zero-order valence-corrected chi connectivity index (χ0v) is 27.4. The Hall–Kier alpha value is -3.95. The van der Waals surface area contributed by atoms with Crippen LogP contribution in [0.3, 0.4) is 0 Å². The van der Waals surface area contributed by atoms with Crippen LogP contribution in [0.25, 0.3) is 10.6 Å². The van der Waals surface area contributed by atoms with Gasteiger partial charge in [-0.2, -0.15) is 13.2 Å². The highest BCUT2D eigenvalue weighted by Crippen LogP contribution is 2.37. The predicted octanol–water partition coefficient (Wildman–Crippen LogP) is 8.50. The number of carboxylic acids is 1. The van der Waals surface area contributed by atoms with Gasteiger partial charge in [0.1, 0.15) is 16.5 Å². The minimum atomic E-state index is -4.76. The summed E-state index contributed by atoms with van der Waals surface area (Å²) in [6, 6.07) is 16.2. The lowest BCUT2D eigenvalue weighted by Gasteiger charge is -2.36. The molecule has 5 rings (SSSR count). The second kappa shape index (κ2) is 14.7. The van der Waals surface area contributed by atoms with Gasteiger partial charge in [0, 0.05) is 59.5 Å². The number of aryl methyl sites for hydroxylation is 1. The summed E-state index contributed by atoms with van der Waals surface area (Å²) in [5.74, 6) is -0.327. The van der Waals surface area contributed by atoms with E-state index in [9.17, 15) is 31.1 Å².